The first-order valence-electron chi connectivity index (χ1n) is 8.57. The molecule has 3 aliphatic rings. The Balaban J connectivity index is 1.53. The third-order valence-electron chi connectivity index (χ3n) is 5.39. The average Bonchev–Trinajstić information content (AvgIpc) is 2.97. The maximum Gasteiger partial charge on any atom is 0.236 e. The molecule has 20 heavy (non-hydrogen) atoms. The molecule has 114 valence electrons. The summed E-state index contributed by atoms with van der Waals surface area (Å²) < 4.78 is 0. The lowest BCUT2D eigenvalue weighted by molar-refractivity contribution is -0.133. The van der Waals surface area contributed by atoms with E-state index in [1.165, 1.54) is 44.9 Å². The van der Waals surface area contributed by atoms with E-state index < -0.39 is 0 Å². The van der Waals surface area contributed by atoms with Crippen LogP contribution in [0.15, 0.2) is 0 Å². The van der Waals surface area contributed by atoms with Gasteiger partial charge < -0.3 is 10.2 Å². The minimum atomic E-state index is 0.380. The molecule has 1 atom stereocenters. The highest BCUT2D eigenvalue weighted by molar-refractivity contribution is 5.78. The molecule has 1 unspecified atom stereocenters. The molecule has 1 amide bonds. The number of carbonyl (C=O) groups excluding carboxylic acids is 1. The second-order valence-electron chi connectivity index (χ2n) is 6.71. The van der Waals surface area contributed by atoms with E-state index >= 15 is 0 Å². The van der Waals surface area contributed by atoms with Crippen molar-refractivity contribution in [1.82, 2.24) is 15.1 Å². The van der Waals surface area contributed by atoms with Gasteiger partial charge in [-0.15, -0.1) is 0 Å². The topological polar surface area (TPSA) is 35.6 Å². The molecule has 0 bridgehead atoms. The summed E-state index contributed by atoms with van der Waals surface area (Å²) in [4.78, 5) is 17.0. The van der Waals surface area contributed by atoms with Gasteiger partial charge in [0.15, 0.2) is 0 Å². The molecule has 4 heteroatoms. The van der Waals surface area contributed by atoms with Gasteiger partial charge in [0.2, 0.25) is 5.91 Å². The normalized spacial score (nSPS) is 29.8. The van der Waals surface area contributed by atoms with Crippen molar-refractivity contribution in [3.63, 3.8) is 0 Å². The molecule has 3 heterocycles. The van der Waals surface area contributed by atoms with Crippen molar-refractivity contribution in [2.75, 3.05) is 39.3 Å². The highest BCUT2D eigenvalue weighted by Gasteiger charge is 2.34. The first-order valence-corrected chi connectivity index (χ1v) is 8.57. The Bertz CT molecular complexity index is 322. The van der Waals surface area contributed by atoms with E-state index in [1.807, 2.05) is 0 Å². The number of rotatable bonds is 3. The summed E-state index contributed by atoms with van der Waals surface area (Å²) in [5, 5.41) is 3.45. The van der Waals surface area contributed by atoms with Crippen molar-refractivity contribution in [1.29, 1.82) is 0 Å². The maximum atomic E-state index is 12.5. The molecule has 3 aliphatic heterocycles. The fraction of sp³-hybridized carbons (Fsp3) is 0.938. The molecule has 0 aromatic carbocycles. The molecule has 3 rings (SSSR count). The van der Waals surface area contributed by atoms with Crippen molar-refractivity contribution in [3.8, 4) is 0 Å². The molecule has 3 fully saturated rings. The van der Waals surface area contributed by atoms with Crippen LogP contribution in [0.5, 0.6) is 0 Å². The van der Waals surface area contributed by atoms with Crippen LogP contribution < -0.4 is 5.32 Å². The van der Waals surface area contributed by atoms with Crippen molar-refractivity contribution in [2.45, 2.75) is 51.0 Å². The zero-order chi connectivity index (χ0) is 13.8. The first kappa shape index (κ1) is 14.3. The molecule has 0 aromatic rings. The Morgan fingerprint density at radius 1 is 0.950 bits per heavy atom. The van der Waals surface area contributed by atoms with E-state index in [2.05, 4.69) is 15.1 Å². The summed E-state index contributed by atoms with van der Waals surface area (Å²) >= 11 is 0. The number of piperidine rings is 2. The number of nitrogens with one attached hydrogen (secondary N) is 1. The summed E-state index contributed by atoms with van der Waals surface area (Å²) in [5.74, 6) is 1.19. The number of carbonyl (C=O) groups is 1. The van der Waals surface area contributed by atoms with Crippen molar-refractivity contribution in [2.24, 2.45) is 5.92 Å². The SMILES string of the molecule is O=C(CN1CCCC1C1CCNCC1)N1CCCCC1. The third kappa shape index (κ3) is 3.34. The molecule has 0 aromatic heterocycles. The quantitative estimate of drug-likeness (QED) is 0.849. The van der Waals surface area contributed by atoms with Gasteiger partial charge in [-0.1, -0.05) is 0 Å². The van der Waals surface area contributed by atoms with Crippen molar-refractivity contribution < 1.29 is 4.79 Å². The van der Waals surface area contributed by atoms with E-state index in [1.54, 1.807) is 0 Å². The molecule has 0 aliphatic carbocycles. The van der Waals surface area contributed by atoms with E-state index in [-0.39, 0.29) is 0 Å². The maximum absolute atomic E-state index is 12.5. The second-order valence-corrected chi connectivity index (χ2v) is 6.71. The number of hydrogen-bond donors (Lipinski definition) is 1. The lowest BCUT2D eigenvalue weighted by Gasteiger charge is -2.35. The van der Waals surface area contributed by atoms with E-state index in [0.29, 0.717) is 18.5 Å². The number of likely N-dealkylation sites (tertiary alicyclic amines) is 2. The summed E-state index contributed by atoms with van der Waals surface area (Å²) in [5.41, 5.74) is 0. The molecule has 0 radical (unpaired) electrons. The van der Waals surface area contributed by atoms with Gasteiger partial charge in [-0.05, 0) is 70.5 Å². The lowest BCUT2D eigenvalue weighted by atomic mass is 9.89. The van der Waals surface area contributed by atoms with Crippen LogP contribution >= 0.6 is 0 Å². The van der Waals surface area contributed by atoms with Crippen molar-refractivity contribution >= 4 is 5.91 Å². The molecule has 0 spiro atoms. The van der Waals surface area contributed by atoms with Crippen LogP contribution in [0.4, 0.5) is 0 Å². The van der Waals surface area contributed by atoms with Gasteiger partial charge in [0.25, 0.3) is 0 Å². The minimum absolute atomic E-state index is 0.380. The average molecular weight is 279 g/mol. The molecule has 3 saturated heterocycles. The number of nitrogens with zero attached hydrogens (tertiary/aromatic N) is 2. The number of amides is 1. The zero-order valence-corrected chi connectivity index (χ0v) is 12.6. The smallest absolute Gasteiger partial charge is 0.236 e. The van der Waals surface area contributed by atoms with E-state index in [4.69, 9.17) is 0 Å². The first-order chi connectivity index (χ1) is 9.84. The number of hydrogen-bond acceptors (Lipinski definition) is 3. The Kier molecular flexibility index (Phi) is 4.94. The van der Waals surface area contributed by atoms with E-state index in [0.717, 1.165) is 38.6 Å². The third-order valence-corrected chi connectivity index (χ3v) is 5.39. The lowest BCUT2D eigenvalue weighted by Crippen LogP contribution is -2.47. The Morgan fingerprint density at radius 3 is 2.45 bits per heavy atom. The molecule has 0 saturated carbocycles. The monoisotopic (exact) mass is 279 g/mol. The fourth-order valence-corrected chi connectivity index (χ4v) is 4.23. The highest BCUT2D eigenvalue weighted by Crippen LogP contribution is 2.29. The molecule has 1 N–H and O–H groups in total. The minimum Gasteiger partial charge on any atom is -0.342 e. The van der Waals surface area contributed by atoms with Crippen LogP contribution in [-0.4, -0.2) is 61.0 Å². The Hall–Kier alpha value is -0.610. The molecule has 4 nitrogen and oxygen atoms in total. The Labute approximate surface area is 122 Å². The fourth-order valence-electron chi connectivity index (χ4n) is 4.23. The standard InChI is InChI=1S/C16H29N3O/c20-16(18-10-2-1-3-11-18)13-19-12-4-5-15(19)14-6-8-17-9-7-14/h14-15,17H,1-13H2. The van der Waals surface area contributed by atoms with Crippen molar-refractivity contribution in [3.05, 3.63) is 0 Å². The largest absolute Gasteiger partial charge is 0.342 e. The van der Waals surface area contributed by atoms with Gasteiger partial charge in [-0.2, -0.15) is 0 Å². The van der Waals surface area contributed by atoms with Gasteiger partial charge in [0.1, 0.15) is 0 Å². The van der Waals surface area contributed by atoms with Crippen LogP contribution in [0.25, 0.3) is 0 Å². The van der Waals surface area contributed by atoms with Gasteiger partial charge in [-0.25, -0.2) is 0 Å². The van der Waals surface area contributed by atoms with Crippen LogP contribution in [-0.2, 0) is 4.79 Å². The van der Waals surface area contributed by atoms with Crippen LogP contribution in [0.1, 0.15) is 44.9 Å². The summed E-state index contributed by atoms with van der Waals surface area (Å²) in [6.45, 7) is 6.11. The summed E-state index contributed by atoms with van der Waals surface area (Å²) in [6.07, 6.45) is 8.86. The van der Waals surface area contributed by atoms with Gasteiger partial charge in [0.05, 0.1) is 6.54 Å². The Morgan fingerprint density at radius 2 is 1.70 bits per heavy atom. The van der Waals surface area contributed by atoms with Gasteiger partial charge in [-0.3, -0.25) is 9.69 Å². The van der Waals surface area contributed by atoms with Crippen LogP contribution in [0.2, 0.25) is 0 Å². The molecular formula is C16H29N3O. The van der Waals surface area contributed by atoms with Gasteiger partial charge in [0, 0.05) is 19.1 Å². The predicted octanol–water partition coefficient (Wildman–Crippen LogP) is 1.46. The molecular weight excluding hydrogens is 250 g/mol. The van der Waals surface area contributed by atoms with E-state index in [9.17, 15) is 4.79 Å². The van der Waals surface area contributed by atoms with Crippen LogP contribution in [0, 0.1) is 5.92 Å². The predicted molar refractivity (Wildman–Crippen MR) is 80.6 cm³/mol. The second kappa shape index (κ2) is 6.90. The van der Waals surface area contributed by atoms with Gasteiger partial charge >= 0.3 is 0 Å². The summed E-state index contributed by atoms with van der Waals surface area (Å²) in [6, 6.07) is 0.672. The zero-order valence-electron chi connectivity index (χ0n) is 12.6. The van der Waals surface area contributed by atoms with Crippen LogP contribution in [0.3, 0.4) is 0 Å². The summed E-state index contributed by atoms with van der Waals surface area (Å²) in [7, 11) is 0. The highest BCUT2D eigenvalue weighted by atomic mass is 16.2.